The maximum Gasteiger partial charge on any atom is 0.0912 e. The van der Waals surface area contributed by atoms with Crippen LogP contribution in [-0.2, 0) is 26.7 Å². The molecule has 3 heterocycles. The minimum atomic E-state index is -2.23. The molecule has 7 heteroatoms. The average Bonchev–Trinajstić information content (AvgIpc) is 3.94. The summed E-state index contributed by atoms with van der Waals surface area (Å²) in [6.07, 6.45) is 1.67. The molecule has 8 aromatic carbocycles. The Balaban J connectivity index is 0.000000201. The van der Waals surface area contributed by atoms with Crippen molar-refractivity contribution in [3.8, 4) is 44.9 Å². The molecule has 0 unspecified atom stereocenters. The molecule has 0 aliphatic heterocycles. The van der Waals surface area contributed by atoms with Crippen LogP contribution in [0.5, 0.6) is 0 Å². The van der Waals surface area contributed by atoms with Crippen LogP contribution >= 0.6 is 0 Å². The van der Waals surface area contributed by atoms with E-state index in [-0.39, 0.29) is 25.9 Å². The molecule has 0 N–H and O–H groups in total. The SMILES string of the molecule is CC(C)c1cc(-c2ccc3ccccc3c2)cc(C(C)C)c1Cn1c(-c2[c-]c3c(cc2)oc2ccccc23)nc2ccccc21.[2H]C([2H])([2H])c1cc(-c2[c-]cc(F)c(-c3ccccc3)c2)ncc1[Si](C)(C)C.[Ir]. The van der Waals surface area contributed by atoms with Gasteiger partial charge in [-0.3, -0.25) is 9.37 Å². The van der Waals surface area contributed by atoms with Gasteiger partial charge >= 0.3 is 0 Å². The van der Waals surface area contributed by atoms with Crippen LogP contribution in [0.2, 0.25) is 19.6 Å². The van der Waals surface area contributed by atoms with Gasteiger partial charge in [-0.2, -0.15) is 0 Å². The van der Waals surface area contributed by atoms with Crippen LogP contribution in [0.1, 0.15) is 65.9 Å². The Bertz CT molecular complexity index is 3770. The van der Waals surface area contributed by atoms with Gasteiger partial charge in [0, 0.05) is 42.8 Å². The second-order valence-corrected chi connectivity index (χ2v) is 24.6. The summed E-state index contributed by atoms with van der Waals surface area (Å²) < 4.78 is 46.6. The number of pyridine rings is 1. The summed E-state index contributed by atoms with van der Waals surface area (Å²) in [5, 5.41) is 5.42. The van der Waals surface area contributed by atoms with Crippen LogP contribution in [0.15, 0.2) is 174 Å². The Morgan fingerprint density at radius 2 is 1.39 bits per heavy atom. The van der Waals surface area contributed by atoms with E-state index in [0.717, 1.165) is 61.7 Å². The predicted molar refractivity (Wildman–Crippen MR) is 290 cm³/mol. The van der Waals surface area contributed by atoms with Crippen LogP contribution in [0.4, 0.5) is 4.39 Å². The molecule has 0 aliphatic carbocycles. The molecule has 3 aromatic heterocycles. The zero-order valence-electron chi connectivity index (χ0n) is 43.5. The number of hydrogen-bond acceptors (Lipinski definition) is 3. The Hall–Kier alpha value is -6.76. The molecule has 11 aromatic rings. The molecule has 11 rings (SSSR count). The molecular weight excluding hydrogens is 1050 g/mol. The van der Waals surface area contributed by atoms with E-state index in [1.165, 1.54) is 44.7 Å². The number of nitrogens with zero attached hydrogens (tertiary/aromatic N) is 3. The maximum absolute atomic E-state index is 14.3. The molecule has 0 saturated heterocycles. The monoisotopic (exact) mass is 1110 g/mol. The van der Waals surface area contributed by atoms with Crippen molar-refractivity contribution < 1.29 is 33.0 Å². The largest absolute Gasteiger partial charge is 0.500 e. The van der Waals surface area contributed by atoms with Crippen LogP contribution in [0.3, 0.4) is 0 Å². The molecule has 351 valence electrons. The molecule has 0 fully saturated rings. The molecule has 0 atom stereocenters. The van der Waals surface area contributed by atoms with E-state index >= 15 is 0 Å². The maximum atomic E-state index is 14.3. The van der Waals surface area contributed by atoms with Gasteiger partial charge in [0.2, 0.25) is 0 Å². The summed E-state index contributed by atoms with van der Waals surface area (Å²) >= 11 is 0. The third-order valence-corrected chi connectivity index (χ3v) is 15.1. The summed E-state index contributed by atoms with van der Waals surface area (Å²) in [5.74, 6) is 1.26. The molecule has 0 saturated carbocycles. The summed E-state index contributed by atoms with van der Waals surface area (Å²) in [7, 11) is -1.88. The molecule has 70 heavy (non-hydrogen) atoms. The van der Waals surface area contributed by atoms with E-state index in [1.807, 2.05) is 42.5 Å². The van der Waals surface area contributed by atoms with Crippen molar-refractivity contribution in [3.63, 3.8) is 0 Å². The first-order valence-electron chi connectivity index (χ1n) is 25.2. The normalized spacial score (nSPS) is 12.5. The number of para-hydroxylation sites is 3. The summed E-state index contributed by atoms with van der Waals surface area (Å²) in [4.78, 5) is 9.68. The van der Waals surface area contributed by atoms with E-state index in [0.29, 0.717) is 34.2 Å². The van der Waals surface area contributed by atoms with Gasteiger partial charge in [-0.15, -0.1) is 35.9 Å². The minimum Gasteiger partial charge on any atom is -0.500 e. The number of aryl methyl sites for hydroxylation is 1. The van der Waals surface area contributed by atoms with E-state index < -0.39 is 14.9 Å². The Kier molecular flexibility index (Phi) is 12.6. The summed E-state index contributed by atoms with van der Waals surface area (Å²) in [6, 6.07) is 61.4. The van der Waals surface area contributed by atoms with Gasteiger partial charge in [-0.1, -0.05) is 191 Å². The van der Waals surface area contributed by atoms with E-state index in [2.05, 4.69) is 172 Å². The van der Waals surface area contributed by atoms with Gasteiger partial charge < -0.3 is 14.0 Å². The Morgan fingerprint density at radius 3 is 2.13 bits per heavy atom. The fourth-order valence-corrected chi connectivity index (χ4v) is 10.8. The fraction of sp³-hybridized carbons (Fsp3) is 0.175. The Labute approximate surface area is 429 Å². The molecule has 4 nitrogen and oxygen atoms in total. The average molecular weight is 1110 g/mol. The molecule has 0 spiro atoms. The van der Waals surface area contributed by atoms with Gasteiger partial charge in [0.1, 0.15) is 0 Å². The first kappa shape index (κ1) is 44.4. The van der Waals surface area contributed by atoms with E-state index in [9.17, 15) is 4.39 Å². The van der Waals surface area contributed by atoms with Crippen LogP contribution in [-0.4, -0.2) is 22.6 Å². The number of halogens is 1. The third kappa shape index (κ3) is 9.59. The topological polar surface area (TPSA) is 43.9 Å². The number of benzene rings is 8. The second-order valence-electron chi connectivity index (χ2n) is 19.6. The minimum absolute atomic E-state index is 0. The summed E-state index contributed by atoms with van der Waals surface area (Å²) in [5.41, 5.74) is 14.1. The quantitative estimate of drug-likeness (QED) is 0.107. The third-order valence-electron chi connectivity index (χ3n) is 13.1. The molecule has 0 bridgehead atoms. The van der Waals surface area contributed by atoms with Crippen LogP contribution in [0.25, 0.3) is 88.6 Å². The fourth-order valence-electron chi connectivity index (χ4n) is 9.50. The van der Waals surface area contributed by atoms with Gasteiger partial charge in [0.05, 0.1) is 36.1 Å². The van der Waals surface area contributed by atoms with Gasteiger partial charge in [-0.05, 0) is 103 Å². The van der Waals surface area contributed by atoms with Crippen molar-refractivity contribution in [2.45, 2.75) is 72.6 Å². The number of furan rings is 1. The zero-order valence-corrected chi connectivity index (χ0v) is 43.9. The smallest absolute Gasteiger partial charge is 0.0912 e. The van der Waals surface area contributed by atoms with Gasteiger partial charge in [0.15, 0.2) is 0 Å². The molecule has 1 radical (unpaired) electrons. The van der Waals surface area contributed by atoms with Crippen LogP contribution in [0, 0.1) is 24.8 Å². The zero-order chi connectivity index (χ0) is 50.5. The van der Waals surface area contributed by atoms with Crippen molar-refractivity contribution in [2.24, 2.45) is 0 Å². The van der Waals surface area contributed by atoms with Gasteiger partial charge in [0.25, 0.3) is 0 Å². The van der Waals surface area contributed by atoms with Crippen LogP contribution < -0.4 is 5.19 Å². The molecular formula is C63H56FIrN3OSi-2. The summed E-state index contributed by atoms with van der Waals surface area (Å²) in [6.45, 7) is 14.0. The van der Waals surface area contributed by atoms with Crippen molar-refractivity contribution in [2.75, 3.05) is 0 Å². The number of rotatable bonds is 9. The standard InChI is InChI=1S/C42H35N2O.C21H21FNSi.Ir/c1-26(2)34-23-32(30-18-17-28-11-5-6-12-29(28)21-30)24-35(27(3)4)37(34)25-44-39-15-9-8-14-38(39)43-42(44)31-19-20-41-36(22-31)33-13-7-10-16-40(33)45-41;1-15-12-20(23-14-21(15)24(2,3)4)17-10-11-19(22)18(13-17)16-8-6-5-7-9-16;/h5-21,23-24,26-27H,25H2,1-4H3;5-9,11-14H,1-4H3;/q2*-1;/i;1D3;. The van der Waals surface area contributed by atoms with Gasteiger partial charge in [-0.25, -0.2) is 0 Å². The first-order valence-corrected chi connectivity index (χ1v) is 27.2. The molecule has 0 amide bonds. The number of imidazole rings is 1. The van der Waals surface area contributed by atoms with Crippen molar-refractivity contribution in [1.29, 1.82) is 0 Å². The van der Waals surface area contributed by atoms with Crippen molar-refractivity contribution >= 4 is 57.0 Å². The predicted octanol–water partition coefficient (Wildman–Crippen LogP) is 16.7. The van der Waals surface area contributed by atoms with Crippen molar-refractivity contribution in [1.82, 2.24) is 14.5 Å². The number of fused-ring (bicyclic) bond motifs is 5. The second kappa shape index (κ2) is 19.9. The Morgan fingerprint density at radius 1 is 0.686 bits per heavy atom. The van der Waals surface area contributed by atoms with E-state index in [1.54, 1.807) is 18.3 Å². The van der Waals surface area contributed by atoms with E-state index in [4.69, 9.17) is 13.5 Å². The number of hydrogen-bond donors (Lipinski definition) is 0. The number of aromatic nitrogens is 3. The van der Waals surface area contributed by atoms with Crippen molar-refractivity contribution in [3.05, 3.63) is 210 Å². The molecule has 0 aliphatic rings. The first-order chi connectivity index (χ1) is 34.5.